The molecule has 1 amide bonds. The number of anilines is 1. The first-order valence-electron chi connectivity index (χ1n) is 10.2. The minimum atomic E-state index is 0.0528. The van der Waals surface area contributed by atoms with Crippen molar-refractivity contribution in [2.75, 3.05) is 44.7 Å². The van der Waals surface area contributed by atoms with Gasteiger partial charge in [-0.3, -0.25) is 14.7 Å². The molecule has 1 unspecified atom stereocenters. The zero-order valence-electron chi connectivity index (χ0n) is 17.5. The van der Waals surface area contributed by atoms with E-state index in [1.807, 2.05) is 18.2 Å². The van der Waals surface area contributed by atoms with Crippen molar-refractivity contribution in [1.29, 1.82) is 0 Å². The van der Waals surface area contributed by atoms with Crippen LogP contribution in [0.5, 0.6) is 5.88 Å². The van der Waals surface area contributed by atoms with Gasteiger partial charge in [0.05, 0.1) is 32.1 Å². The number of nitrogens with one attached hydrogen (secondary N) is 1. The Bertz CT molecular complexity index is 776. The number of piperazine rings is 1. The van der Waals surface area contributed by atoms with Crippen molar-refractivity contribution in [2.45, 2.75) is 26.3 Å². The zero-order chi connectivity index (χ0) is 20.6. The number of ether oxygens (including phenoxy) is 1. The molecule has 1 aliphatic heterocycles. The highest BCUT2D eigenvalue weighted by Gasteiger charge is 2.22. The van der Waals surface area contributed by atoms with Crippen LogP contribution in [0.25, 0.3) is 0 Å². The molecule has 1 atom stereocenters. The molecule has 7 nitrogen and oxygen atoms in total. The molecule has 2 heterocycles. The molecule has 1 aliphatic rings. The Kier molecular flexibility index (Phi) is 7.41. The molecule has 29 heavy (non-hydrogen) atoms. The summed E-state index contributed by atoms with van der Waals surface area (Å²) in [6, 6.07) is 10.3. The standard InChI is InChI=1S/C22H31N5O2/c1-17(2)13-19(18-7-5-4-6-8-18)24-21(28)16-26-9-11-27(12-10-26)20-14-23-15-22(25-20)29-3/h4-8,14-15,17,19H,9-13,16H2,1-3H3,(H,24,28). The van der Waals surface area contributed by atoms with E-state index in [0.717, 1.165) is 44.0 Å². The largest absolute Gasteiger partial charge is 0.480 e. The van der Waals surface area contributed by atoms with Crippen molar-refractivity contribution in [3.05, 3.63) is 48.3 Å². The monoisotopic (exact) mass is 397 g/mol. The van der Waals surface area contributed by atoms with Gasteiger partial charge in [-0.05, 0) is 17.9 Å². The number of aromatic nitrogens is 2. The van der Waals surface area contributed by atoms with Gasteiger partial charge >= 0.3 is 0 Å². The van der Waals surface area contributed by atoms with Gasteiger partial charge in [-0.2, -0.15) is 4.98 Å². The Labute approximate surface area is 173 Å². The van der Waals surface area contributed by atoms with Crippen molar-refractivity contribution < 1.29 is 9.53 Å². The third-order valence-corrected chi connectivity index (χ3v) is 5.12. The van der Waals surface area contributed by atoms with E-state index < -0.39 is 0 Å². The Balaban J connectivity index is 1.52. The molecule has 0 radical (unpaired) electrons. The summed E-state index contributed by atoms with van der Waals surface area (Å²) >= 11 is 0. The van der Waals surface area contributed by atoms with Crippen molar-refractivity contribution in [3.8, 4) is 5.88 Å². The number of nitrogens with zero attached hydrogens (tertiary/aromatic N) is 4. The molecule has 0 saturated carbocycles. The summed E-state index contributed by atoms with van der Waals surface area (Å²) < 4.78 is 5.16. The molecule has 1 saturated heterocycles. The number of rotatable bonds is 8. The summed E-state index contributed by atoms with van der Waals surface area (Å²) in [6.45, 7) is 8.02. The van der Waals surface area contributed by atoms with Crippen LogP contribution in [-0.2, 0) is 4.79 Å². The summed E-state index contributed by atoms with van der Waals surface area (Å²) in [6.07, 6.45) is 4.28. The van der Waals surface area contributed by atoms with Gasteiger partial charge in [0, 0.05) is 26.2 Å². The Morgan fingerprint density at radius 2 is 1.86 bits per heavy atom. The van der Waals surface area contributed by atoms with E-state index in [1.54, 1.807) is 19.5 Å². The highest BCUT2D eigenvalue weighted by molar-refractivity contribution is 5.78. The van der Waals surface area contributed by atoms with E-state index in [0.29, 0.717) is 18.3 Å². The Morgan fingerprint density at radius 1 is 1.14 bits per heavy atom. The first kappa shape index (κ1) is 21.0. The zero-order valence-corrected chi connectivity index (χ0v) is 17.5. The summed E-state index contributed by atoms with van der Waals surface area (Å²) in [5, 5.41) is 3.24. The lowest BCUT2D eigenvalue weighted by Crippen LogP contribution is -2.50. The lowest BCUT2D eigenvalue weighted by Gasteiger charge is -2.35. The molecule has 0 aliphatic carbocycles. The summed E-state index contributed by atoms with van der Waals surface area (Å²) in [7, 11) is 1.59. The molecule has 1 aromatic carbocycles. The van der Waals surface area contributed by atoms with Crippen LogP contribution in [0.2, 0.25) is 0 Å². The van der Waals surface area contributed by atoms with E-state index >= 15 is 0 Å². The van der Waals surface area contributed by atoms with Gasteiger partial charge < -0.3 is 15.0 Å². The fourth-order valence-electron chi connectivity index (χ4n) is 3.60. The normalized spacial score (nSPS) is 15.9. The van der Waals surface area contributed by atoms with Crippen LogP contribution in [0.15, 0.2) is 42.7 Å². The van der Waals surface area contributed by atoms with Gasteiger partial charge in [-0.1, -0.05) is 44.2 Å². The quantitative estimate of drug-likeness (QED) is 0.738. The Hall–Kier alpha value is -2.67. The number of benzene rings is 1. The topological polar surface area (TPSA) is 70.6 Å². The minimum absolute atomic E-state index is 0.0528. The van der Waals surface area contributed by atoms with Gasteiger partial charge in [0.25, 0.3) is 0 Å². The average molecular weight is 398 g/mol. The molecular formula is C22H31N5O2. The fraction of sp³-hybridized carbons (Fsp3) is 0.500. The molecule has 3 rings (SSSR count). The maximum Gasteiger partial charge on any atom is 0.234 e. The van der Waals surface area contributed by atoms with Crippen LogP contribution < -0.4 is 15.0 Å². The second-order valence-electron chi connectivity index (χ2n) is 7.84. The maximum atomic E-state index is 12.7. The van der Waals surface area contributed by atoms with Crippen molar-refractivity contribution in [2.24, 2.45) is 5.92 Å². The molecule has 1 N–H and O–H groups in total. The number of carbonyl (C=O) groups is 1. The second kappa shape index (κ2) is 10.2. The highest BCUT2D eigenvalue weighted by Crippen LogP contribution is 2.21. The molecule has 156 valence electrons. The van der Waals surface area contributed by atoms with Gasteiger partial charge in [-0.15, -0.1) is 0 Å². The average Bonchev–Trinajstić information content (AvgIpc) is 2.74. The highest BCUT2D eigenvalue weighted by atomic mass is 16.5. The SMILES string of the molecule is COc1cncc(N2CCN(CC(=O)NC(CC(C)C)c3ccccc3)CC2)n1. The fourth-order valence-corrected chi connectivity index (χ4v) is 3.60. The summed E-state index contributed by atoms with van der Waals surface area (Å²) in [4.78, 5) is 25.7. The van der Waals surface area contributed by atoms with E-state index in [-0.39, 0.29) is 11.9 Å². The van der Waals surface area contributed by atoms with Gasteiger partial charge in [0.15, 0.2) is 5.82 Å². The predicted molar refractivity (Wildman–Crippen MR) is 114 cm³/mol. The number of carbonyl (C=O) groups excluding carboxylic acids is 1. The Morgan fingerprint density at radius 3 is 2.52 bits per heavy atom. The number of methoxy groups -OCH3 is 1. The first-order chi connectivity index (χ1) is 14.0. The maximum absolute atomic E-state index is 12.7. The molecule has 1 aromatic heterocycles. The van der Waals surface area contributed by atoms with Gasteiger partial charge in [0.1, 0.15) is 0 Å². The summed E-state index contributed by atoms with van der Waals surface area (Å²) in [5.41, 5.74) is 1.16. The molecular weight excluding hydrogens is 366 g/mol. The number of hydrogen-bond donors (Lipinski definition) is 1. The van der Waals surface area contributed by atoms with E-state index in [1.165, 1.54) is 0 Å². The third-order valence-electron chi connectivity index (χ3n) is 5.12. The van der Waals surface area contributed by atoms with Crippen molar-refractivity contribution in [1.82, 2.24) is 20.2 Å². The van der Waals surface area contributed by atoms with Crippen LogP contribution in [-0.4, -0.2) is 60.6 Å². The molecule has 0 spiro atoms. The van der Waals surface area contributed by atoms with Gasteiger partial charge in [-0.25, -0.2) is 0 Å². The molecule has 0 bridgehead atoms. The first-order valence-corrected chi connectivity index (χ1v) is 10.2. The summed E-state index contributed by atoms with van der Waals surface area (Å²) in [5.74, 6) is 1.91. The number of hydrogen-bond acceptors (Lipinski definition) is 6. The van der Waals surface area contributed by atoms with E-state index in [4.69, 9.17) is 4.74 Å². The van der Waals surface area contributed by atoms with Crippen LogP contribution in [0, 0.1) is 5.92 Å². The molecule has 1 fully saturated rings. The van der Waals surface area contributed by atoms with E-state index in [9.17, 15) is 4.79 Å². The van der Waals surface area contributed by atoms with Crippen LogP contribution in [0.4, 0.5) is 5.82 Å². The van der Waals surface area contributed by atoms with Crippen LogP contribution >= 0.6 is 0 Å². The van der Waals surface area contributed by atoms with E-state index in [2.05, 4.69) is 51.1 Å². The minimum Gasteiger partial charge on any atom is -0.480 e. The molecule has 7 heteroatoms. The third kappa shape index (κ3) is 6.15. The van der Waals surface area contributed by atoms with Crippen molar-refractivity contribution >= 4 is 11.7 Å². The predicted octanol–water partition coefficient (Wildman–Crippen LogP) is 2.51. The second-order valence-corrected chi connectivity index (χ2v) is 7.84. The van der Waals surface area contributed by atoms with Crippen LogP contribution in [0.3, 0.4) is 0 Å². The lowest BCUT2D eigenvalue weighted by atomic mass is 9.97. The lowest BCUT2D eigenvalue weighted by molar-refractivity contribution is -0.123. The number of amides is 1. The van der Waals surface area contributed by atoms with Gasteiger partial charge in [0.2, 0.25) is 11.8 Å². The smallest absolute Gasteiger partial charge is 0.234 e. The van der Waals surface area contributed by atoms with Crippen molar-refractivity contribution in [3.63, 3.8) is 0 Å². The van der Waals surface area contributed by atoms with Crippen LogP contribution in [0.1, 0.15) is 31.9 Å². The molecule has 2 aromatic rings.